The van der Waals surface area contributed by atoms with Gasteiger partial charge in [-0.3, -0.25) is 0 Å². The molecule has 0 amide bonds. The predicted molar refractivity (Wildman–Crippen MR) is 28.3 cm³/mol. The molecule has 0 aromatic carbocycles. The van der Waals surface area contributed by atoms with Crippen molar-refractivity contribution in [3.05, 3.63) is 0 Å². The van der Waals surface area contributed by atoms with Crippen molar-refractivity contribution in [3.8, 4) is 0 Å². The Balaban J connectivity index is -0.000000249. The van der Waals surface area contributed by atoms with Crippen LogP contribution in [0.1, 0.15) is 0 Å². The molecule has 1 unspecified atom stereocenters. The summed E-state index contributed by atoms with van der Waals surface area (Å²) in [6.45, 7) is 0. The van der Waals surface area contributed by atoms with Gasteiger partial charge in [-0.05, 0) is 0 Å². The van der Waals surface area contributed by atoms with Gasteiger partial charge in [-0.25, -0.2) is 13.2 Å². The molecule has 0 aliphatic heterocycles. The number of hydrogen-bond acceptors (Lipinski definition) is 4. The molecule has 0 rings (SSSR count). The van der Waals surface area contributed by atoms with Gasteiger partial charge in [0.05, 0.1) is 0 Å². The van der Waals surface area contributed by atoms with E-state index in [0.717, 1.165) is 0 Å². The minimum Gasteiger partial charge on any atom is -0.813 e. The summed E-state index contributed by atoms with van der Waals surface area (Å²) in [5, 5.41) is 30.8. The Labute approximate surface area is 91.9 Å². The molecule has 0 radical (unpaired) electrons. The first kappa shape index (κ1) is 20.5. The van der Waals surface area contributed by atoms with Crippen molar-refractivity contribution in [3.63, 3.8) is 0 Å². The second-order valence-electron chi connectivity index (χ2n) is 1.79. The van der Waals surface area contributed by atoms with Crippen LogP contribution >= 0.6 is 0 Å². The molecular weight excluding hydrogens is 232 g/mol. The van der Waals surface area contributed by atoms with E-state index in [2.05, 4.69) is 0 Å². The normalized spacial score (nSPS) is 14.6. The third-order valence-electron chi connectivity index (χ3n) is 0.667. The smallest absolute Gasteiger partial charge is 0.813 e. The van der Waals surface area contributed by atoms with Gasteiger partial charge in [0.25, 0.3) is 6.43 Å². The van der Waals surface area contributed by atoms with E-state index in [1.54, 1.807) is 0 Å². The zero-order valence-electron chi connectivity index (χ0n) is 7.17. The summed E-state index contributed by atoms with van der Waals surface area (Å²) in [5.41, 5.74) is 0. The predicted octanol–water partition coefficient (Wildman–Crippen LogP) is -4.21. The van der Waals surface area contributed by atoms with Gasteiger partial charge < -0.3 is 20.2 Å². The van der Waals surface area contributed by atoms with Gasteiger partial charge in [0.15, 0.2) is 5.85 Å². The zero-order chi connectivity index (χ0) is 12.2. The Hall–Kier alpha value is 0.0823. The second-order valence-corrected chi connectivity index (χ2v) is 1.79. The maximum atomic E-state index is 11.3. The molecule has 1 atom stereocenters. The number of alkyl halides is 6. The number of halogens is 6. The Morgan fingerprint density at radius 3 is 1.20 bits per heavy atom. The van der Waals surface area contributed by atoms with Gasteiger partial charge in [-0.1, -0.05) is 0 Å². The van der Waals surface area contributed by atoms with Crippen LogP contribution < -0.4 is 24.0 Å². The van der Waals surface area contributed by atoms with Gasteiger partial charge in [0, 0.05) is 0 Å². The van der Waals surface area contributed by atoms with E-state index in [0.29, 0.717) is 0 Å². The average Bonchev–Trinajstić information content (AvgIpc) is 1.82. The Bertz CT molecular complexity index is 160. The molecule has 0 saturated carbocycles. The molecule has 86 valence electrons. The number of hydrogen-bond donors (Lipinski definition) is 3. The molecule has 0 aliphatic carbocycles. The third-order valence-corrected chi connectivity index (χ3v) is 0.667. The van der Waals surface area contributed by atoms with E-state index in [9.17, 15) is 31.4 Å². The molecule has 0 heterocycles. The summed E-state index contributed by atoms with van der Waals surface area (Å²) in [7, 11) is -2.17. The summed E-state index contributed by atoms with van der Waals surface area (Å²) in [6, 6.07) is 0. The summed E-state index contributed by atoms with van der Waals surface area (Å²) in [6.07, 6.45) is -10.6. The Morgan fingerprint density at radius 1 is 1.00 bits per heavy atom. The van der Waals surface area contributed by atoms with Gasteiger partial charge in [0.1, 0.15) is 0 Å². The van der Waals surface area contributed by atoms with Crippen LogP contribution in [0.15, 0.2) is 0 Å². The van der Waals surface area contributed by atoms with Crippen LogP contribution in [-0.2, 0) is 0 Å². The maximum absolute atomic E-state index is 11.3. The van der Waals surface area contributed by atoms with Crippen LogP contribution in [-0.4, -0.2) is 40.8 Å². The molecule has 12 heteroatoms. The maximum Gasteiger partial charge on any atom is 1.00 e. The van der Waals surface area contributed by atoms with Crippen LogP contribution in [0.2, 0.25) is 0 Å². The van der Waals surface area contributed by atoms with Crippen molar-refractivity contribution in [1.29, 1.82) is 0 Å². The topological polar surface area (TPSA) is 83.8 Å². The molecule has 0 spiro atoms. The largest absolute Gasteiger partial charge is 1.00 e. The molecule has 0 aromatic rings. The van der Waals surface area contributed by atoms with Gasteiger partial charge in [-0.2, -0.15) is 13.2 Å². The fourth-order valence-electron chi connectivity index (χ4n) is 0.124. The van der Waals surface area contributed by atoms with Gasteiger partial charge in [-0.15, -0.1) is 0 Å². The van der Waals surface area contributed by atoms with Crippen molar-refractivity contribution in [2.75, 3.05) is 0 Å². The van der Waals surface area contributed by atoms with Crippen LogP contribution in [0.4, 0.5) is 26.3 Å². The quantitative estimate of drug-likeness (QED) is 0.318. The summed E-state index contributed by atoms with van der Waals surface area (Å²) in [5.74, 6) is -5.65. The van der Waals surface area contributed by atoms with Crippen molar-refractivity contribution < 1.29 is 65.4 Å². The van der Waals surface area contributed by atoms with Gasteiger partial charge >= 0.3 is 32.4 Å². The number of rotatable bonds is 1. The molecule has 15 heavy (non-hydrogen) atoms. The monoisotopic (exact) mass is 236 g/mol. The molecular formula is C3H4BF6LiO4. The SMILES string of the molecule is OB(O)O.[Li+].[O-]C(F)(C(F)F)C(F)(F)F. The Morgan fingerprint density at radius 2 is 1.20 bits per heavy atom. The molecule has 0 fully saturated rings. The first-order valence-electron chi connectivity index (χ1n) is 2.71. The van der Waals surface area contributed by atoms with Crippen LogP contribution in [0.5, 0.6) is 0 Å². The van der Waals surface area contributed by atoms with Crippen LogP contribution in [0.25, 0.3) is 0 Å². The molecule has 0 bridgehead atoms. The van der Waals surface area contributed by atoms with E-state index < -0.39 is 25.8 Å². The van der Waals surface area contributed by atoms with E-state index in [-0.39, 0.29) is 18.9 Å². The fraction of sp³-hybridized carbons (Fsp3) is 1.00. The van der Waals surface area contributed by atoms with Crippen molar-refractivity contribution in [2.45, 2.75) is 18.5 Å². The summed E-state index contributed by atoms with van der Waals surface area (Å²) >= 11 is 0. The molecule has 4 nitrogen and oxygen atoms in total. The van der Waals surface area contributed by atoms with E-state index in [1.165, 1.54) is 0 Å². The fourth-order valence-corrected chi connectivity index (χ4v) is 0.124. The van der Waals surface area contributed by atoms with E-state index in [1.807, 2.05) is 0 Å². The first-order chi connectivity index (χ1) is 5.93. The average molecular weight is 236 g/mol. The van der Waals surface area contributed by atoms with E-state index in [4.69, 9.17) is 15.1 Å². The molecule has 0 aliphatic rings. The van der Waals surface area contributed by atoms with Crippen molar-refractivity contribution in [1.82, 2.24) is 0 Å². The standard InChI is InChI=1S/C3HF6O.BH3O3.Li/c4-1(5)2(6,10)3(7,8)9;2-1(3)4;/h1H;2-4H;/q-1;;+1. The minimum absolute atomic E-state index is 0. The molecule has 3 N–H and O–H groups in total. The second kappa shape index (κ2) is 7.37. The molecule has 0 saturated heterocycles. The first-order valence-corrected chi connectivity index (χ1v) is 2.71. The van der Waals surface area contributed by atoms with Gasteiger partial charge in [0.2, 0.25) is 0 Å². The summed E-state index contributed by atoms with van der Waals surface area (Å²) in [4.78, 5) is 0. The minimum atomic E-state index is -6.05. The van der Waals surface area contributed by atoms with Crippen molar-refractivity contribution >= 4 is 7.32 Å². The zero-order valence-corrected chi connectivity index (χ0v) is 7.17. The van der Waals surface area contributed by atoms with E-state index >= 15 is 0 Å². The summed E-state index contributed by atoms with van der Waals surface area (Å²) < 4.78 is 65.8. The third kappa shape index (κ3) is 9.04. The Kier molecular flexibility index (Phi) is 10.1. The molecule has 0 aromatic heterocycles. The van der Waals surface area contributed by atoms with Crippen LogP contribution in [0.3, 0.4) is 0 Å². The van der Waals surface area contributed by atoms with Crippen LogP contribution in [0, 0.1) is 0 Å². The van der Waals surface area contributed by atoms with Crippen molar-refractivity contribution in [2.24, 2.45) is 0 Å².